The number of piperazine rings is 1. The number of halogens is 2. The lowest BCUT2D eigenvalue weighted by Gasteiger charge is -2.35. The van der Waals surface area contributed by atoms with Gasteiger partial charge in [0.1, 0.15) is 30.3 Å². The third-order valence-corrected chi connectivity index (χ3v) is 11.0. The molecule has 0 aliphatic carbocycles. The van der Waals surface area contributed by atoms with E-state index in [1.807, 2.05) is 24.3 Å². The number of rotatable bonds is 7. The van der Waals surface area contributed by atoms with E-state index in [-0.39, 0.29) is 45.5 Å². The van der Waals surface area contributed by atoms with Gasteiger partial charge in [0.05, 0.1) is 10.6 Å². The summed E-state index contributed by atoms with van der Waals surface area (Å²) in [4.78, 5) is 27.9. The first kappa shape index (κ1) is 31.3. The highest BCUT2D eigenvalue weighted by Crippen LogP contribution is 2.45. The molecule has 2 bridgehead atoms. The van der Waals surface area contributed by atoms with Crippen molar-refractivity contribution in [3.8, 4) is 22.9 Å². The number of anilines is 1. The van der Waals surface area contributed by atoms with E-state index in [1.165, 1.54) is 4.90 Å². The summed E-state index contributed by atoms with van der Waals surface area (Å²) >= 11 is 6.92. The fourth-order valence-electron chi connectivity index (χ4n) is 8.47. The van der Waals surface area contributed by atoms with E-state index in [0.717, 1.165) is 68.9 Å². The van der Waals surface area contributed by atoms with Gasteiger partial charge in [0, 0.05) is 56.3 Å². The number of nitrogens with one attached hydrogen (secondary N) is 1. The number of fused-ring (bicyclic) bond motifs is 5. The molecule has 12 heteroatoms. The van der Waals surface area contributed by atoms with Gasteiger partial charge in [0.2, 0.25) is 0 Å². The standard InChI is InChI=1S/C36H40ClFN6O4/c1-42(2)35(46)47-19-24-10-12-36(11-5-13-44(24)36)20-48-34-40-32-28(33(41-34)43-17-22-8-9-23(18-43)39-22)16-29(37)30(31(32)38)27-15-25(45)14-21-6-3-4-7-26(21)27/h3-4,6-7,14-16,22-24,39,45H,5,8-13,17-20H2,1-2H3. The zero-order valence-electron chi connectivity index (χ0n) is 27.2. The van der Waals surface area contributed by atoms with E-state index in [0.29, 0.717) is 42.1 Å². The van der Waals surface area contributed by atoms with Crippen LogP contribution in [0, 0.1) is 5.82 Å². The molecule has 252 valence electrons. The molecule has 5 heterocycles. The van der Waals surface area contributed by atoms with Crippen LogP contribution in [0.5, 0.6) is 11.8 Å². The Balaban J connectivity index is 1.17. The Labute approximate surface area is 283 Å². The Bertz CT molecular complexity index is 1900. The predicted octanol–water partition coefficient (Wildman–Crippen LogP) is 5.96. The minimum atomic E-state index is -0.579. The van der Waals surface area contributed by atoms with Gasteiger partial charge in [0.15, 0.2) is 5.82 Å². The Morgan fingerprint density at radius 1 is 1.10 bits per heavy atom. The summed E-state index contributed by atoms with van der Waals surface area (Å²) in [6, 6.07) is 13.4. The molecule has 4 aromatic rings. The van der Waals surface area contributed by atoms with Gasteiger partial charge in [-0.3, -0.25) is 4.90 Å². The van der Waals surface area contributed by atoms with Crippen LogP contribution < -0.4 is 15.0 Å². The Kier molecular flexibility index (Phi) is 7.96. The van der Waals surface area contributed by atoms with Gasteiger partial charge in [-0.1, -0.05) is 35.9 Å². The number of carbonyl (C=O) groups is 1. The number of hydrogen-bond acceptors (Lipinski definition) is 9. The number of hydrogen-bond donors (Lipinski definition) is 2. The molecule has 3 aromatic carbocycles. The summed E-state index contributed by atoms with van der Waals surface area (Å²) in [5.41, 5.74) is 0.573. The van der Waals surface area contributed by atoms with Gasteiger partial charge in [-0.25, -0.2) is 9.18 Å². The molecule has 48 heavy (non-hydrogen) atoms. The average Bonchev–Trinajstić information content (AvgIpc) is 3.75. The number of nitrogens with zero attached hydrogens (tertiary/aromatic N) is 5. The Morgan fingerprint density at radius 3 is 2.69 bits per heavy atom. The van der Waals surface area contributed by atoms with Crippen molar-refractivity contribution >= 4 is 45.2 Å². The summed E-state index contributed by atoms with van der Waals surface area (Å²) in [7, 11) is 3.36. The van der Waals surface area contributed by atoms with Gasteiger partial charge >= 0.3 is 12.1 Å². The molecule has 4 aliphatic heterocycles. The van der Waals surface area contributed by atoms with Gasteiger partial charge < -0.3 is 29.7 Å². The van der Waals surface area contributed by atoms with Crippen LogP contribution in [-0.2, 0) is 4.74 Å². The topological polar surface area (TPSA) is 103 Å². The summed E-state index contributed by atoms with van der Waals surface area (Å²) in [5, 5.41) is 16.5. The first-order valence-electron chi connectivity index (χ1n) is 16.9. The molecule has 4 unspecified atom stereocenters. The molecule has 10 nitrogen and oxygen atoms in total. The lowest BCUT2D eigenvalue weighted by molar-refractivity contribution is 0.0484. The number of ether oxygens (including phenoxy) is 2. The fourth-order valence-corrected chi connectivity index (χ4v) is 8.76. The number of carbonyl (C=O) groups excluding carboxylic acids is 1. The molecule has 1 amide bonds. The van der Waals surface area contributed by atoms with Gasteiger partial charge in [-0.2, -0.15) is 9.97 Å². The van der Waals surface area contributed by atoms with E-state index in [9.17, 15) is 9.90 Å². The highest BCUT2D eigenvalue weighted by Gasteiger charge is 2.50. The number of phenols is 1. The van der Waals surface area contributed by atoms with Crippen molar-refractivity contribution < 1.29 is 23.8 Å². The molecule has 2 N–H and O–H groups in total. The highest BCUT2D eigenvalue weighted by atomic mass is 35.5. The van der Waals surface area contributed by atoms with Crippen LogP contribution in [-0.4, -0.2) is 102 Å². The first-order valence-corrected chi connectivity index (χ1v) is 17.2. The largest absolute Gasteiger partial charge is 0.508 e. The number of aromatic nitrogens is 2. The van der Waals surface area contributed by atoms with Gasteiger partial charge in [0.25, 0.3) is 0 Å². The predicted molar refractivity (Wildman–Crippen MR) is 183 cm³/mol. The van der Waals surface area contributed by atoms with Crippen molar-refractivity contribution in [3.63, 3.8) is 0 Å². The summed E-state index contributed by atoms with van der Waals surface area (Å²) < 4.78 is 29.0. The normalized spacial score (nSPS) is 25.2. The van der Waals surface area contributed by atoms with Crippen molar-refractivity contribution in [3.05, 3.63) is 53.3 Å². The number of aromatic hydroxyl groups is 1. The molecule has 0 saturated carbocycles. The van der Waals surface area contributed by atoms with Crippen LogP contribution in [0.3, 0.4) is 0 Å². The van der Waals surface area contributed by atoms with Gasteiger partial charge in [-0.05, 0) is 79.6 Å². The van der Waals surface area contributed by atoms with Crippen LogP contribution in [0.4, 0.5) is 15.0 Å². The van der Waals surface area contributed by atoms with Crippen LogP contribution in [0.25, 0.3) is 32.8 Å². The second kappa shape index (κ2) is 12.2. The Hall–Kier alpha value is -3.93. The average molecular weight is 675 g/mol. The van der Waals surface area contributed by atoms with E-state index in [4.69, 9.17) is 31.0 Å². The van der Waals surface area contributed by atoms with Crippen molar-refractivity contribution in [2.45, 2.75) is 62.2 Å². The monoisotopic (exact) mass is 674 g/mol. The molecule has 1 aromatic heterocycles. The Morgan fingerprint density at radius 2 is 1.90 bits per heavy atom. The van der Waals surface area contributed by atoms with E-state index < -0.39 is 5.82 Å². The van der Waals surface area contributed by atoms with Gasteiger partial charge in [-0.15, -0.1) is 0 Å². The fraction of sp³-hybridized carbons (Fsp3) is 0.472. The van der Waals surface area contributed by atoms with E-state index in [1.54, 1.807) is 32.3 Å². The third kappa shape index (κ3) is 5.45. The lowest BCUT2D eigenvalue weighted by Crippen LogP contribution is -2.51. The maximum atomic E-state index is 17.0. The minimum absolute atomic E-state index is 0.0228. The van der Waals surface area contributed by atoms with Crippen molar-refractivity contribution in [1.82, 2.24) is 25.1 Å². The minimum Gasteiger partial charge on any atom is -0.508 e. The smallest absolute Gasteiger partial charge is 0.409 e. The van der Waals surface area contributed by atoms with Crippen LogP contribution in [0.1, 0.15) is 38.5 Å². The molecular weight excluding hydrogens is 635 g/mol. The van der Waals surface area contributed by atoms with Crippen molar-refractivity contribution in [2.75, 3.05) is 51.8 Å². The molecule has 0 spiro atoms. The second-order valence-electron chi connectivity index (χ2n) is 14.0. The van der Waals surface area contributed by atoms with Crippen LogP contribution in [0.15, 0.2) is 42.5 Å². The molecule has 4 saturated heterocycles. The molecule has 4 fully saturated rings. The lowest BCUT2D eigenvalue weighted by atomic mass is 9.95. The van der Waals surface area contributed by atoms with Crippen LogP contribution in [0.2, 0.25) is 5.02 Å². The number of amides is 1. The molecule has 0 radical (unpaired) electrons. The van der Waals surface area contributed by atoms with Crippen LogP contribution >= 0.6 is 11.6 Å². The first-order chi connectivity index (χ1) is 23.2. The maximum absolute atomic E-state index is 17.0. The van der Waals surface area contributed by atoms with E-state index >= 15 is 4.39 Å². The zero-order chi connectivity index (χ0) is 33.2. The summed E-state index contributed by atoms with van der Waals surface area (Å²) in [5.74, 6) is 0.0565. The zero-order valence-corrected chi connectivity index (χ0v) is 28.0. The molecule has 4 aliphatic rings. The van der Waals surface area contributed by atoms with E-state index in [2.05, 4.69) is 15.1 Å². The van der Waals surface area contributed by atoms with Crippen molar-refractivity contribution in [2.24, 2.45) is 0 Å². The highest BCUT2D eigenvalue weighted by molar-refractivity contribution is 6.35. The molecule has 8 rings (SSSR count). The molecular formula is C36H40ClFN6O4. The third-order valence-electron chi connectivity index (χ3n) is 10.7. The quantitative estimate of drug-likeness (QED) is 0.246. The number of phenolic OH excluding ortho intramolecular Hbond substituents is 1. The second-order valence-corrected chi connectivity index (χ2v) is 14.4. The van der Waals surface area contributed by atoms with Crippen molar-refractivity contribution in [1.29, 1.82) is 0 Å². The maximum Gasteiger partial charge on any atom is 0.409 e. The number of benzene rings is 3. The molecule has 4 atom stereocenters. The summed E-state index contributed by atoms with van der Waals surface area (Å²) in [6.45, 7) is 3.06. The summed E-state index contributed by atoms with van der Waals surface area (Å²) in [6.07, 6.45) is 5.58. The SMILES string of the molecule is CN(C)C(=O)OCC1CCC2(COc3nc(N4CC5CCC(C4)N5)c4cc(Cl)c(-c5cc(O)cc6ccccc56)c(F)c4n3)CCCN12.